The van der Waals surface area contributed by atoms with Crippen molar-refractivity contribution in [2.75, 3.05) is 13.1 Å². The summed E-state index contributed by atoms with van der Waals surface area (Å²) in [4.78, 5) is 5.90. The maximum Gasteiger partial charge on any atom is 0.246 e. The summed E-state index contributed by atoms with van der Waals surface area (Å²) >= 11 is 0. The van der Waals surface area contributed by atoms with E-state index in [9.17, 15) is 8.42 Å². The van der Waals surface area contributed by atoms with E-state index in [2.05, 4.69) is 25.5 Å². The highest BCUT2D eigenvalue weighted by molar-refractivity contribution is 7.89. The highest BCUT2D eigenvalue weighted by Crippen LogP contribution is 2.26. The fourth-order valence-corrected chi connectivity index (χ4v) is 5.41. The van der Waals surface area contributed by atoms with Gasteiger partial charge in [0.1, 0.15) is 4.90 Å². The molecule has 29 heavy (non-hydrogen) atoms. The molecule has 3 aromatic rings. The quantitative estimate of drug-likeness (QED) is 0.596. The topological polar surface area (TPSA) is 112 Å². The van der Waals surface area contributed by atoms with Crippen LogP contribution in [-0.2, 0) is 23.1 Å². The van der Waals surface area contributed by atoms with Crippen LogP contribution >= 0.6 is 0 Å². The predicted molar refractivity (Wildman–Crippen MR) is 105 cm³/mol. The Morgan fingerprint density at radius 2 is 2.14 bits per heavy atom. The molecule has 0 saturated carbocycles. The molecule has 1 saturated heterocycles. The molecule has 4 rings (SSSR count). The summed E-state index contributed by atoms with van der Waals surface area (Å²) < 4.78 is 29.5. The molecule has 0 amide bonds. The van der Waals surface area contributed by atoms with Crippen molar-refractivity contribution in [2.24, 2.45) is 5.92 Å². The second kappa shape index (κ2) is 7.99. The number of hydrogen-bond donors (Lipinski definition) is 0. The number of piperidine rings is 1. The summed E-state index contributed by atoms with van der Waals surface area (Å²) in [5.41, 5.74) is 1.48. The molecule has 0 spiro atoms. The normalized spacial score (nSPS) is 18.2. The average Bonchev–Trinajstić information content (AvgIpc) is 3.35. The van der Waals surface area contributed by atoms with Crippen LogP contribution in [0.4, 0.5) is 0 Å². The fraction of sp³-hybridized carbons (Fsp3) is 0.500. The number of tetrazole rings is 1. The third kappa shape index (κ3) is 3.92. The highest BCUT2D eigenvalue weighted by Gasteiger charge is 2.33. The molecule has 0 radical (unpaired) electrons. The van der Waals surface area contributed by atoms with E-state index in [1.807, 2.05) is 19.1 Å². The molecule has 0 unspecified atom stereocenters. The van der Waals surface area contributed by atoms with Crippen molar-refractivity contribution < 1.29 is 8.42 Å². The molecular weight excluding hydrogens is 392 g/mol. The van der Waals surface area contributed by atoms with Crippen molar-refractivity contribution >= 4 is 10.0 Å². The lowest BCUT2D eigenvalue weighted by molar-refractivity contribution is 0.231. The SMILES string of the molecule is CCn1ncc(S(=O)(=O)N2CCC[C@H](Cn3nnc(-c4cccnc4)n3)C2)c1C. The van der Waals surface area contributed by atoms with Crippen molar-refractivity contribution in [3.63, 3.8) is 0 Å². The molecule has 3 aromatic heterocycles. The van der Waals surface area contributed by atoms with Gasteiger partial charge in [0.25, 0.3) is 0 Å². The smallest absolute Gasteiger partial charge is 0.246 e. The Bertz CT molecular complexity index is 1080. The van der Waals surface area contributed by atoms with E-state index < -0.39 is 10.0 Å². The molecule has 0 bridgehead atoms. The van der Waals surface area contributed by atoms with Gasteiger partial charge in [-0.15, -0.1) is 10.2 Å². The molecule has 1 fully saturated rings. The first-order chi connectivity index (χ1) is 14.0. The summed E-state index contributed by atoms with van der Waals surface area (Å²) in [6.45, 7) is 5.85. The standard InChI is InChI=1S/C18H24N8O2S/c1-3-25-14(2)17(11-20-25)29(27,28)24-9-5-6-15(12-24)13-26-22-18(21-23-26)16-7-4-8-19-10-16/h4,7-8,10-11,15H,3,5-6,9,12-13H2,1-2H3/t15-/m0/s1. The summed E-state index contributed by atoms with van der Waals surface area (Å²) in [5, 5.41) is 16.8. The molecular formula is C18H24N8O2S. The van der Waals surface area contributed by atoms with Gasteiger partial charge in [0.15, 0.2) is 0 Å². The number of pyridine rings is 1. The summed E-state index contributed by atoms with van der Waals surface area (Å²) in [6, 6.07) is 3.70. The van der Waals surface area contributed by atoms with Gasteiger partial charge in [-0.1, -0.05) is 0 Å². The molecule has 0 aliphatic carbocycles. The van der Waals surface area contributed by atoms with E-state index in [0.29, 0.717) is 37.7 Å². The van der Waals surface area contributed by atoms with Crippen molar-refractivity contribution in [1.82, 2.24) is 39.3 Å². The molecule has 0 N–H and O–H groups in total. The minimum atomic E-state index is -3.57. The Kier molecular flexibility index (Phi) is 5.41. The van der Waals surface area contributed by atoms with E-state index in [-0.39, 0.29) is 10.8 Å². The second-order valence-corrected chi connectivity index (χ2v) is 9.10. The Hall–Kier alpha value is -2.66. The van der Waals surface area contributed by atoms with Gasteiger partial charge in [0.2, 0.25) is 15.8 Å². The number of sulfonamides is 1. The number of aromatic nitrogens is 7. The number of rotatable bonds is 6. The maximum atomic E-state index is 13.1. The molecule has 1 aliphatic rings. The number of aryl methyl sites for hydroxylation is 1. The van der Waals surface area contributed by atoms with Crippen LogP contribution in [-0.4, -0.2) is 60.8 Å². The zero-order valence-electron chi connectivity index (χ0n) is 16.5. The van der Waals surface area contributed by atoms with Crippen molar-refractivity contribution in [3.8, 4) is 11.4 Å². The molecule has 10 nitrogen and oxygen atoms in total. The third-order valence-corrected chi connectivity index (χ3v) is 7.22. The molecule has 4 heterocycles. The highest BCUT2D eigenvalue weighted by atomic mass is 32.2. The van der Waals surface area contributed by atoms with Crippen LogP contribution in [0, 0.1) is 12.8 Å². The summed E-state index contributed by atoms with van der Waals surface area (Å²) in [7, 11) is -3.57. The molecule has 1 atom stereocenters. The van der Waals surface area contributed by atoms with Crippen molar-refractivity contribution in [1.29, 1.82) is 0 Å². The van der Waals surface area contributed by atoms with Crippen LogP contribution in [0.5, 0.6) is 0 Å². The van der Waals surface area contributed by atoms with Crippen molar-refractivity contribution in [3.05, 3.63) is 36.4 Å². The average molecular weight is 417 g/mol. The third-order valence-electron chi connectivity index (χ3n) is 5.25. The van der Waals surface area contributed by atoms with Crippen LogP contribution in [0.3, 0.4) is 0 Å². The molecule has 154 valence electrons. The van der Waals surface area contributed by atoms with Crippen LogP contribution in [0.25, 0.3) is 11.4 Å². The van der Waals surface area contributed by atoms with E-state index in [1.165, 1.54) is 6.20 Å². The Labute approximate surface area is 169 Å². The lowest BCUT2D eigenvalue weighted by atomic mass is 10.00. The largest absolute Gasteiger partial charge is 0.269 e. The Morgan fingerprint density at radius 1 is 1.28 bits per heavy atom. The minimum absolute atomic E-state index is 0.121. The lowest BCUT2D eigenvalue weighted by Crippen LogP contribution is -2.41. The monoisotopic (exact) mass is 416 g/mol. The predicted octanol–water partition coefficient (Wildman–Crippen LogP) is 1.36. The van der Waals surface area contributed by atoms with Gasteiger partial charge in [0, 0.05) is 37.6 Å². The zero-order valence-corrected chi connectivity index (χ0v) is 17.3. The van der Waals surface area contributed by atoms with Crippen LogP contribution in [0.1, 0.15) is 25.5 Å². The molecule has 11 heteroatoms. The van der Waals surface area contributed by atoms with Gasteiger partial charge in [-0.2, -0.15) is 14.2 Å². The van der Waals surface area contributed by atoms with E-state index in [1.54, 1.807) is 33.1 Å². The number of nitrogens with zero attached hydrogens (tertiary/aromatic N) is 8. The van der Waals surface area contributed by atoms with E-state index >= 15 is 0 Å². The van der Waals surface area contributed by atoms with Crippen LogP contribution < -0.4 is 0 Å². The van der Waals surface area contributed by atoms with Gasteiger partial charge in [-0.05, 0) is 50.0 Å². The molecule has 0 aromatic carbocycles. The van der Waals surface area contributed by atoms with Gasteiger partial charge in [-0.25, -0.2) is 8.42 Å². The van der Waals surface area contributed by atoms with Gasteiger partial charge < -0.3 is 0 Å². The second-order valence-electron chi connectivity index (χ2n) is 7.19. The molecule has 1 aliphatic heterocycles. The fourth-order valence-electron chi connectivity index (χ4n) is 3.70. The van der Waals surface area contributed by atoms with Gasteiger partial charge in [0.05, 0.1) is 18.4 Å². The Morgan fingerprint density at radius 3 is 2.86 bits per heavy atom. The van der Waals surface area contributed by atoms with E-state index in [0.717, 1.165) is 18.4 Å². The first-order valence-electron chi connectivity index (χ1n) is 9.69. The lowest BCUT2D eigenvalue weighted by Gasteiger charge is -2.31. The summed E-state index contributed by atoms with van der Waals surface area (Å²) in [6.07, 6.45) is 6.56. The van der Waals surface area contributed by atoms with Crippen LogP contribution in [0.2, 0.25) is 0 Å². The van der Waals surface area contributed by atoms with Gasteiger partial charge >= 0.3 is 0 Å². The Balaban J connectivity index is 1.47. The first kappa shape index (κ1) is 19.6. The minimum Gasteiger partial charge on any atom is -0.269 e. The van der Waals surface area contributed by atoms with Crippen LogP contribution in [0.15, 0.2) is 35.6 Å². The van der Waals surface area contributed by atoms with E-state index in [4.69, 9.17) is 0 Å². The summed E-state index contributed by atoms with van der Waals surface area (Å²) in [5.74, 6) is 0.636. The zero-order chi connectivity index (χ0) is 20.4. The van der Waals surface area contributed by atoms with Gasteiger partial charge in [-0.3, -0.25) is 9.67 Å². The first-order valence-corrected chi connectivity index (χ1v) is 11.1. The maximum absolute atomic E-state index is 13.1. The number of hydrogen-bond acceptors (Lipinski definition) is 7. The van der Waals surface area contributed by atoms with Crippen molar-refractivity contribution in [2.45, 2.75) is 44.7 Å².